The summed E-state index contributed by atoms with van der Waals surface area (Å²) in [6.07, 6.45) is 0.940. The minimum absolute atomic E-state index is 0.0649. The fourth-order valence-electron chi connectivity index (χ4n) is 3.72. The molecule has 154 valence electrons. The number of hydrogen-bond acceptors (Lipinski definition) is 7. The van der Waals surface area contributed by atoms with Crippen molar-refractivity contribution in [3.05, 3.63) is 45.6 Å². The molecule has 1 unspecified atom stereocenters. The number of nitrogens with one attached hydrogen (secondary N) is 1. The summed E-state index contributed by atoms with van der Waals surface area (Å²) < 4.78 is 16.1. The molecule has 1 aliphatic carbocycles. The van der Waals surface area contributed by atoms with Crippen molar-refractivity contribution in [1.82, 2.24) is 5.32 Å². The van der Waals surface area contributed by atoms with Crippen LogP contribution in [0, 0.1) is 0 Å². The zero-order valence-electron chi connectivity index (χ0n) is 16.4. The van der Waals surface area contributed by atoms with E-state index < -0.39 is 18.6 Å². The number of phenolic OH excluding ortho intramolecular Hbond substituents is 1. The normalized spacial score (nSPS) is 14.8. The Morgan fingerprint density at radius 3 is 2.48 bits per heavy atom. The van der Waals surface area contributed by atoms with Crippen molar-refractivity contribution in [2.45, 2.75) is 18.9 Å². The van der Waals surface area contributed by atoms with Crippen molar-refractivity contribution >= 4 is 5.91 Å². The topological polar surface area (TPSA) is 114 Å². The van der Waals surface area contributed by atoms with Gasteiger partial charge in [-0.25, -0.2) is 0 Å². The first-order valence-corrected chi connectivity index (χ1v) is 9.04. The van der Waals surface area contributed by atoms with Gasteiger partial charge in [-0.1, -0.05) is 6.07 Å². The second-order valence-corrected chi connectivity index (χ2v) is 6.59. The monoisotopic (exact) mass is 401 g/mol. The highest BCUT2D eigenvalue weighted by atomic mass is 16.5. The van der Waals surface area contributed by atoms with Gasteiger partial charge in [0.25, 0.3) is 0 Å². The van der Waals surface area contributed by atoms with Crippen LogP contribution in [0.4, 0.5) is 0 Å². The first kappa shape index (κ1) is 20.5. The molecule has 3 rings (SSSR count). The molecule has 8 nitrogen and oxygen atoms in total. The van der Waals surface area contributed by atoms with Crippen molar-refractivity contribution in [3.8, 4) is 34.1 Å². The van der Waals surface area contributed by atoms with Gasteiger partial charge in [-0.15, -0.1) is 0 Å². The van der Waals surface area contributed by atoms with E-state index in [1.165, 1.54) is 27.4 Å². The number of amides is 1. The molecule has 0 saturated carbocycles. The van der Waals surface area contributed by atoms with Crippen molar-refractivity contribution < 1.29 is 29.2 Å². The summed E-state index contributed by atoms with van der Waals surface area (Å²) in [5.74, 6) is 0.0399. The Balaban J connectivity index is 2.37. The summed E-state index contributed by atoms with van der Waals surface area (Å²) in [5, 5.41) is 22.3. The molecule has 1 atom stereocenters. The Bertz CT molecular complexity index is 1000. The summed E-state index contributed by atoms with van der Waals surface area (Å²) in [4.78, 5) is 24.5. The fourth-order valence-corrected chi connectivity index (χ4v) is 3.72. The smallest absolute Gasteiger partial charge is 0.246 e. The summed E-state index contributed by atoms with van der Waals surface area (Å²) >= 11 is 0. The Hall–Kier alpha value is -3.26. The minimum Gasteiger partial charge on any atom is -0.504 e. The van der Waals surface area contributed by atoms with Crippen molar-refractivity contribution in [2.24, 2.45) is 0 Å². The third-order valence-corrected chi connectivity index (χ3v) is 4.99. The minimum atomic E-state index is -0.663. The van der Waals surface area contributed by atoms with Gasteiger partial charge < -0.3 is 29.7 Å². The van der Waals surface area contributed by atoms with Crippen molar-refractivity contribution in [2.75, 3.05) is 27.9 Å². The summed E-state index contributed by atoms with van der Waals surface area (Å²) in [6, 6.07) is 5.76. The molecule has 0 aliphatic heterocycles. The first-order valence-electron chi connectivity index (χ1n) is 9.04. The summed E-state index contributed by atoms with van der Waals surface area (Å²) in [6.45, 7) is -0.663. The highest BCUT2D eigenvalue weighted by molar-refractivity contribution is 5.83. The molecule has 0 fully saturated rings. The van der Waals surface area contributed by atoms with Gasteiger partial charge in [0.2, 0.25) is 17.1 Å². The maximum absolute atomic E-state index is 12.6. The number of aryl methyl sites for hydroxylation is 1. The SMILES string of the molecule is COc1c(O)cc2c(c1OC)-c1ccc(OC)c(=O)cc1C(NC(=O)CO)CC2. The van der Waals surface area contributed by atoms with Crippen LogP contribution in [0.25, 0.3) is 11.1 Å². The standard InChI is InChI=1S/C21H23NO7/c1-27-17-7-5-12-13(9-15(17)24)14(22-18(26)10-23)6-4-11-8-16(25)20(28-2)21(29-3)19(11)12/h5,7-9,14,23,25H,4,6,10H2,1-3H3,(H,22,26). The van der Waals surface area contributed by atoms with E-state index >= 15 is 0 Å². The number of ether oxygens (including phenoxy) is 3. The quantitative estimate of drug-likeness (QED) is 0.696. The van der Waals surface area contributed by atoms with E-state index in [0.29, 0.717) is 35.3 Å². The van der Waals surface area contributed by atoms with E-state index in [0.717, 1.165) is 5.56 Å². The molecule has 8 heteroatoms. The fraction of sp³-hybridized carbons (Fsp3) is 0.333. The number of benzene rings is 1. The number of aromatic hydroxyl groups is 1. The van der Waals surface area contributed by atoms with E-state index in [1.807, 2.05) is 0 Å². The first-order chi connectivity index (χ1) is 13.9. The second kappa shape index (κ2) is 8.40. The van der Waals surface area contributed by atoms with E-state index in [1.54, 1.807) is 18.2 Å². The average Bonchev–Trinajstić information content (AvgIpc) is 2.96. The van der Waals surface area contributed by atoms with Gasteiger partial charge in [0, 0.05) is 5.56 Å². The maximum atomic E-state index is 12.6. The summed E-state index contributed by atoms with van der Waals surface area (Å²) in [7, 11) is 4.30. The molecular weight excluding hydrogens is 378 g/mol. The van der Waals surface area contributed by atoms with Crippen molar-refractivity contribution in [1.29, 1.82) is 0 Å². The van der Waals surface area contributed by atoms with Gasteiger partial charge in [0.15, 0.2) is 17.2 Å². The molecule has 0 bridgehead atoms. The number of aliphatic hydroxyl groups is 1. The second-order valence-electron chi connectivity index (χ2n) is 6.59. The van der Waals surface area contributed by atoms with E-state index in [4.69, 9.17) is 19.3 Å². The van der Waals surface area contributed by atoms with Crippen LogP contribution < -0.4 is 25.0 Å². The highest BCUT2D eigenvalue weighted by Gasteiger charge is 2.29. The maximum Gasteiger partial charge on any atom is 0.246 e. The number of carbonyl (C=O) groups is 1. The van der Waals surface area contributed by atoms with Crippen LogP contribution in [0.15, 0.2) is 29.1 Å². The number of methoxy groups -OCH3 is 3. The Kier molecular flexibility index (Phi) is 5.93. The number of hydrogen-bond donors (Lipinski definition) is 3. The van der Waals surface area contributed by atoms with Crippen LogP contribution in [0.3, 0.4) is 0 Å². The molecule has 29 heavy (non-hydrogen) atoms. The van der Waals surface area contributed by atoms with Crippen LogP contribution in [-0.2, 0) is 11.2 Å². The van der Waals surface area contributed by atoms with E-state index in [-0.39, 0.29) is 22.7 Å². The molecule has 0 heterocycles. The lowest BCUT2D eigenvalue weighted by atomic mass is 9.95. The van der Waals surface area contributed by atoms with Gasteiger partial charge in [0.1, 0.15) is 6.61 Å². The highest BCUT2D eigenvalue weighted by Crippen LogP contribution is 2.49. The van der Waals surface area contributed by atoms with Crippen molar-refractivity contribution in [3.63, 3.8) is 0 Å². The molecule has 1 aliphatic rings. The number of carbonyl (C=O) groups excluding carboxylic acids is 1. The molecular formula is C21H23NO7. The lowest BCUT2D eigenvalue weighted by molar-refractivity contribution is -0.124. The molecule has 0 saturated heterocycles. The third-order valence-electron chi connectivity index (χ3n) is 4.99. The van der Waals surface area contributed by atoms with Crippen LogP contribution >= 0.6 is 0 Å². The molecule has 0 radical (unpaired) electrons. The van der Waals surface area contributed by atoms with E-state index in [2.05, 4.69) is 5.32 Å². The number of fused-ring (bicyclic) bond motifs is 3. The van der Waals surface area contributed by atoms with Gasteiger partial charge in [-0.3, -0.25) is 9.59 Å². The van der Waals surface area contributed by atoms with Crippen LogP contribution in [0.2, 0.25) is 0 Å². The Morgan fingerprint density at radius 2 is 1.86 bits per heavy atom. The van der Waals surface area contributed by atoms with Gasteiger partial charge in [0.05, 0.1) is 27.4 Å². The van der Waals surface area contributed by atoms with Gasteiger partial charge in [-0.05, 0) is 47.7 Å². The number of rotatable bonds is 5. The van der Waals surface area contributed by atoms with Gasteiger partial charge >= 0.3 is 0 Å². The lowest BCUT2D eigenvalue weighted by Gasteiger charge is -2.19. The molecule has 0 aromatic heterocycles. The molecule has 0 spiro atoms. The summed E-state index contributed by atoms with van der Waals surface area (Å²) in [5.41, 5.74) is 2.29. The zero-order chi connectivity index (χ0) is 21.1. The Labute approximate surface area is 167 Å². The predicted octanol–water partition coefficient (Wildman–Crippen LogP) is 1.54. The van der Waals surface area contributed by atoms with Crippen LogP contribution in [0.1, 0.15) is 23.6 Å². The number of aliphatic hydroxyl groups excluding tert-OH is 1. The largest absolute Gasteiger partial charge is 0.504 e. The average molecular weight is 401 g/mol. The lowest BCUT2D eigenvalue weighted by Crippen LogP contribution is -2.31. The van der Waals surface area contributed by atoms with Crippen LogP contribution in [0.5, 0.6) is 23.0 Å². The van der Waals surface area contributed by atoms with E-state index in [9.17, 15) is 14.7 Å². The number of phenols is 1. The van der Waals surface area contributed by atoms with Crippen LogP contribution in [-0.4, -0.2) is 44.1 Å². The predicted molar refractivity (Wildman–Crippen MR) is 106 cm³/mol. The molecule has 2 aromatic rings. The molecule has 3 N–H and O–H groups in total. The third kappa shape index (κ3) is 3.71. The molecule has 2 aromatic carbocycles. The molecule has 1 amide bonds. The zero-order valence-corrected chi connectivity index (χ0v) is 16.4. The van der Waals surface area contributed by atoms with Gasteiger partial charge in [-0.2, -0.15) is 0 Å². The Morgan fingerprint density at radius 1 is 1.14 bits per heavy atom.